The van der Waals surface area contributed by atoms with Crippen LogP contribution in [-0.4, -0.2) is 16.9 Å². The van der Waals surface area contributed by atoms with Gasteiger partial charge in [0, 0.05) is 29.1 Å². The molecule has 154 valence electrons. The van der Waals surface area contributed by atoms with Crippen LogP contribution in [0.15, 0.2) is 45.6 Å². The van der Waals surface area contributed by atoms with Crippen molar-refractivity contribution in [3.8, 4) is 0 Å². The summed E-state index contributed by atoms with van der Waals surface area (Å²) in [5.74, 6) is -0.707. The molecule has 1 fully saturated rings. The Labute approximate surface area is 171 Å². The smallest absolute Gasteiger partial charge is 0.338 e. The average Bonchev–Trinajstić information content (AvgIpc) is 3.51. The Morgan fingerprint density at radius 1 is 1.20 bits per heavy atom. The van der Waals surface area contributed by atoms with Gasteiger partial charge in [0.05, 0.1) is 10.5 Å². The van der Waals surface area contributed by atoms with Gasteiger partial charge in [-0.2, -0.15) is 0 Å². The number of aryl methyl sites for hydroxylation is 2. The molecule has 3 aromatic rings. The third-order valence-corrected chi connectivity index (χ3v) is 5.17. The number of nitro groups is 1. The molecule has 1 aliphatic rings. The van der Waals surface area contributed by atoms with Gasteiger partial charge in [0.25, 0.3) is 5.69 Å². The lowest BCUT2D eigenvalue weighted by Gasteiger charge is -2.10. The number of nitro benzene ring substituents is 1. The van der Waals surface area contributed by atoms with Crippen LogP contribution in [0.1, 0.15) is 39.9 Å². The number of fused-ring (bicyclic) bond motifs is 1. The second-order valence-electron chi connectivity index (χ2n) is 7.51. The van der Waals surface area contributed by atoms with E-state index in [1.54, 1.807) is 6.07 Å². The molecule has 0 radical (unpaired) electrons. The molecular weight excluding hydrogens is 388 g/mol. The molecule has 1 saturated carbocycles. The highest BCUT2D eigenvalue weighted by Gasteiger charge is 2.26. The normalized spacial score (nSPS) is 13.3. The van der Waals surface area contributed by atoms with Gasteiger partial charge in [0.1, 0.15) is 17.9 Å². The molecule has 0 bridgehead atoms. The number of hydrogen-bond donors (Lipinski definition) is 1. The monoisotopic (exact) mass is 408 g/mol. The van der Waals surface area contributed by atoms with E-state index in [0.717, 1.165) is 24.0 Å². The zero-order valence-corrected chi connectivity index (χ0v) is 16.6. The first-order chi connectivity index (χ1) is 14.3. The van der Waals surface area contributed by atoms with Gasteiger partial charge in [-0.1, -0.05) is 0 Å². The largest absolute Gasteiger partial charge is 0.457 e. The summed E-state index contributed by atoms with van der Waals surface area (Å²) in [5.41, 5.74) is 2.67. The highest BCUT2D eigenvalue weighted by Crippen LogP contribution is 2.32. The van der Waals surface area contributed by atoms with Gasteiger partial charge in [-0.05, 0) is 62.1 Å². The summed E-state index contributed by atoms with van der Waals surface area (Å²) >= 11 is 0. The first-order valence-electron chi connectivity index (χ1n) is 9.58. The van der Waals surface area contributed by atoms with Crippen LogP contribution in [0.5, 0.6) is 0 Å². The van der Waals surface area contributed by atoms with Crippen LogP contribution in [-0.2, 0) is 11.3 Å². The zero-order chi connectivity index (χ0) is 21.4. The number of hydrogen-bond acceptors (Lipinski definition) is 7. The molecule has 0 amide bonds. The first kappa shape index (κ1) is 19.6. The van der Waals surface area contributed by atoms with Crippen molar-refractivity contribution in [3.05, 3.63) is 79.2 Å². The Hall–Kier alpha value is -3.68. The van der Waals surface area contributed by atoms with Crippen LogP contribution >= 0.6 is 0 Å². The van der Waals surface area contributed by atoms with Crippen LogP contribution in [0, 0.1) is 24.0 Å². The predicted molar refractivity (Wildman–Crippen MR) is 111 cm³/mol. The number of carbonyl (C=O) groups excluding carboxylic acids is 1. The van der Waals surface area contributed by atoms with Gasteiger partial charge >= 0.3 is 11.6 Å². The molecule has 0 unspecified atom stereocenters. The van der Waals surface area contributed by atoms with Gasteiger partial charge in [0.2, 0.25) is 0 Å². The molecule has 1 heterocycles. The second kappa shape index (κ2) is 7.62. The maximum Gasteiger partial charge on any atom is 0.338 e. The quantitative estimate of drug-likeness (QED) is 0.281. The van der Waals surface area contributed by atoms with Crippen molar-refractivity contribution < 1.29 is 18.9 Å². The van der Waals surface area contributed by atoms with Crippen molar-refractivity contribution in [1.29, 1.82) is 0 Å². The van der Waals surface area contributed by atoms with Gasteiger partial charge in [-0.25, -0.2) is 9.59 Å². The number of nitrogens with one attached hydrogen (secondary N) is 1. The molecule has 8 nitrogen and oxygen atoms in total. The van der Waals surface area contributed by atoms with E-state index >= 15 is 0 Å². The lowest BCUT2D eigenvalue weighted by atomic mass is 10.0. The standard InChI is InChI=1S/C22H20N2O6/c1-12-7-17-15(10-21(25)30-20(17)8-13(12)2)11-29-22(26)14-3-6-18(23-16-4-5-16)19(9-14)24(27)28/h3,6-10,16,23H,4-5,11H2,1-2H3. The Balaban J connectivity index is 1.58. The molecule has 4 rings (SSSR count). The van der Waals surface area contributed by atoms with Gasteiger partial charge in [-0.3, -0.25) is 10.1 Å². The third kappa shape index (κ3) is 4.03. The zero-order valence-electron chi connectivity index (χ0n) is 16.6. The van der Waals surface area contributed by atoms with E-state index in [9.17, 15) is 19.7 Å². The van der Waals surface area contributed by atoms with E-state index in [2.05, 4.69) is 5.32 Å². The number of benzene rings is 2. The minimum absolute atomic E-state index is 0.0716. The van der Waals surface area contributed by atoms with Gasteiger partial charge in [0.15, 0.2) is 0 Å². The minimum Gasteiger partial charge on any atom is -0.457 e. The fraction of sp³-hybridized carbons (Fsp3) is 0.273. The minimum atomic E-state index is -0.707. The van der Waals surface area contributed by atoms with E-state index in [1.807, 2.05) is 19.9 Å². The van der Waals surface area contributed by atoms with E-state index < -0.39 is 16.5 Å². The van der Waals surface area contributed by atoms with Gasteiger partial charge < -0.3 is 14.5 Å². The molecule has 1 N–H and O–H groups in total. The van der Waals surface area contributed by atoms with Crippen molar-refractivity contribution in [2.75, 3.05) is 5.32 Å². The molecule has 0 saturated heterocycles. The Morgan fingerprint density at radius 2 is 1.93 bits per heavy atom. The maximum atomic E-state index is 12.5. The van der Waals surface area contributed by atoms with Crippen LogP contribution in [0.25, 0.3) is 11.0 Å². The number of ether oxygens (including phenoxy) is 1. The summed E-state index contributed by atoms with van der Waals surface area (Å²) in [5, 5.41) is 15.2. The van der Waals surface area contributed by atoms with Crippen molar-refractivity contribution in [2.45, 2.75) is 39.3 Å². The Bertz CT molecular complexity index is 1230. The maximum absolute atomic E-state index is 12.5. The number of nitrogens with zero attached hydrogens (tertiary/aromatic N) is 1. The summed E-state index contributed by atoms with van der Waals surface area (Å²) in [6.45, 7) is 3.70. The number of rotatable bonds is 6. The average molecular weight is 408 g/mol. The van der Waals surface area contributed by atoms with Crippen molar-refractivity contribution >= 4 is 28.3 Å². The Kier molecular flexibility index (Phi) is 4.99. The van der Waals surface area contributed by atoms with E-state index in [1.165, 1.54) is 24.3 Å². The summed E-state index contributed by atoms with van der Waals surface area (Å²) in [6, 6.07) is 9.39. The summed E-state index contributed by atoms with van der Waals surface area (Å²) in [7, 11) is 0. The van der Waals surface area contributed by atoms with Gasteiger partial charge in [-0.15, -0.1) is 0 Å². The molecule has 30 heavy (non-hydrogen) atoms. The third-order valence-electron chi connectivity index (χ3n) is 5.17. The highest BCUT2D eigenvalue weighted by atomic mass is 16.6. The Morgan fingerprint density at radius 3 is 2.63 bits per heavy atom. The van der Waals surface area contributed by atoms with Crippen molar-refractivity contribution in [3.63, 3.8) is 0 Å². The number of anilines is 1. The van der Waals surface area contributed by atoms with E-state index in [0.29, 0.717) is 22.2 Å². The topological polar surface area (TPSA) is 112 Å². The second-order valence-corrected chi connectivity index (χ2v) is 7.51. The van der Waals surface area contributed by atoms with Crippen molar-refractivity contribution in [2.24, 2.45) is 0 Å². The molecule has 0 spiro atoms. The molecule has 8 heteroatoms. The fourth-order valence-corrected chi connectivity index (χ4v) is 3.21. The van der Waals surface area contributed by atoms with Crippen LogP contribution in [0.2, 0.25) is 0 Å². The molecule has 1 aromatic heterocycles. The fourth-order valence-electron chi connectivity index (χ4n) is 3.21. The lowest BCUT2D eigenvalue weighted by Crippen LogP contribution is -2.10. The van der Waals surface area contributed by atoms with E-state index in [4.69, 9.17) is 9.15 Å². The first-order valence-corrected chi connectivity index (χ1v) is 9.58. The van der Waals surface area contributed by atoms with Crippen LogP contribution in [0.3, 0.4) is 0 Å². The molecule has 0 aliphatic heterocycles. The summed E-state index contributed by atoms with van der Waals surface area (Å²) in [6.07, 6.45) is 1.94. The number of carbonyl (C=O) groups is 1. The van der Waals surface area contributed by atoms with Crippen molar-refractivity contribution in [1.82, 2.24) is 0 Å². The summed E-state index contributed by atoms with van der Waals surface area (Å²) < 4.78 is 10.6. The molecule has 1 aliphatic carbocycles. The van der Waals surface area contributed by atoms with E-state index in [-0.39, 0.29) is 23.9 Å². The SMILES string of the molecule is Cc1cc2oc(=O)cc(COC(=O)c3ccc(NC4CC4)c([N+](=O)[O-])c3)c2cc1C. The number of esters is 1. The highest BCUT2D eigenvalue weighted by molar-refractivity contribution is 5.91. The van der Waals surface area contributed by atoms with Crippen LogP contribution in [0.4, 0.5) is 11.4 Å². The lowest BCUT2D eigenvalue weighted by molar-refractivity contribution is -0.384. The summed E-state index contributed by atoms with van der Waals surface area (Å²) in [4.78, 5) is 35.3. The predicted octanol–water partition coefficient (Wildman–Crippen LogP) is 4.25. The molecule has 0 atom stereocenters. The molecular formula is C22H20N2O6. The van der Waals surface area contributed by atoms with Crippen LogP contribution < -0.4 is 10.9 Å². The molecule has 2 aromatic carbocycles.